The number of hydrogen-bond acceptors (Lipinski definition) is 3. The first-order chi connectivity index (χ1) is 7.22. The molecule has 0 aliphatic heterocycles. The molecule has 0 spiro atoms. The summed E-state index contributed by atoms with van der Waals surface area (Å²) in [5.41, 5.74) is 5.73. The summed E-state index contributed by atoms with van der Waals surface area (Å²) >= 11 is 1.84. The highest BCUT2D eigenvalue weighted by Gasteiger charge is 2.11. The van der Waals surface area contributed by atoms with Crippen molar-refractivity contribution < 1.29 is 4.79 Å². The normalized spacial score (nSPS) is 12.5. The van der Waals surface area contributed by atoms with Crippen molar-refractivity contribution in [2.45, 2.75) is 45.1 Å². The molecule has 0 bridgehead atoms. The van der Waals surface area contributed by atoms with Crippen molar-refractivity contribution in [3.8, 4) is 0 Å². The molecule has 0 rings (SSSR count). The Labute approximate surface area is 97.6 Å². The molecule has 1 atom stereocenters. The van der Waals surface area contributed by atoms with Gasteiger partial charge in [-0.05, 0) is 31.3 Å². The second-order valence-electron chi connectivity index (χ2n) is 3.74. The predicted octanol–water partition coefficient (Wildman–Crippen LogP) is 1.76. The van der Waals surface area contributed by atoms with Crippen LogP contribution in [0.25, 0.3) is 0 Å². The Hall–Kier alpha value is -0.220. The van der Waals surface area contributed by atoms with Crippen LogP contribution in [0.3, 0.4) is 0 Å². The number of thioether (sulfide) groups is 1. The molecule has 0 aliphatic rings. The fourth-order valence-corrected chi connectivity index (χ4v) is 1.76. The molecule has 0 aromatic heterocycles. The van der Waals surface area contributed by atoms with Gasteiger partial charge in [0.05, 0.1) is 6.04 Å². The smallest absolute Gasteiger partial charge is 0.236 e. The van der Waals surface area contributed by atoms with Crippen molar-refractivity contribution in [2.24, 2.45) is 5.73 Å². The minimum absolute atomic E-state index is 0.00704. The van der Waals surface area contributed by atoms with Gasteiger partial charge in [-0.25, -0.2) is 0 Å². The quantitative estimate of drug-likeness (QED) is 0.596. The van der Waals surface area contributed by atoms with Crippen molar-refractivity contribution in [3.05, 3.63) is 0 Å². The van der Waals surface area contributed by atoms with Crippen LogP contribution in [0.5, 0.6) is 0 Å². The first-order valence-electron chi connectivity index (χ1n) is 5.74. The largest absolute Gasteiger partial charge is 0.355 e. The van der Waals surface area contributed by atoms with Crippen LogP contribution in [-0.4, -0.2) is 30.5 Å². The lowest BCUT2D eigenvalue weighted by molar-refractivity contribution is -0.122. The number of nitrogens with one attached hydrogen (secondary N) is 1. The van der Waals surface area contributed by atoms with E-state index >= 15 is 0 Å². The second kappa shape index (κ2) is 10.3. The van der Waals surface area contributed by atoms with Crippen LogP contribution in [0.4, 0.5) is 0 Å². The zero-order chi connectivity index (χ0) is 11.5. The number of rotatable bonds is 9. The van der Waals surface area contributed by atoms with Crippen LogP contribution in [0.15, 0.2) is 0 Å². The van der Waals surface area contributed by atoms with Crippen LogP contribution in [0.2, 0.25) is 0 Å². The topological polar surface area (TPSA) is 55.1 Å². The van der Waals surface area contributed by atoms with Crippen LogP contribution >= 0.6 is 11.8 Å². The Morgan fingerprint density at radius 1 is 1.40 bits per heavy atom. The molecule has 90 valence electrons. The summed E-state index contributed by atoms with van der Waals surface area (Å²) in [5.74, 6) is 1.17. The van der Waals surface area contributed by atoms with Gasteiger partial charge in [-0.1, -0.05) is 19.8 Å². The maximum Gasteiger partial charge on any atom is 0.236 e. The molecule has 3 N–H and O–H groups in total. The lowest BCUT2D eigenvalue weighted by Gasteiger charge is -2.11. The number of carbonyl (C=O) groups is 1. The third-order valence-corrected chi connectivity index (χ3v) is 2.98. The first-order valence-corrected chi connectivity index (χ1v) is 7.14. The standard InChI is InChI=1S/C11H24N2OS/c1-3-4-7-10(12)11(14)13-8-5-6-9-15-2/h10H,3-9,12H2,1-2H3,(H,13,14). The first kappa shape index (κ1) is 14.8. The molecule has 1 amide bonds. The van der Waals surface area contributed by atoms with E-state index < -0.39 is 0 Å². The van der Waals surface area contributed by atoms with Crippen molar-refractivity contribution in [3.63, 3.8) is 0 Å². The number of unbranched alkanes of at least 4 members (excludes halogenated alkanes) is 2. The minimum Gasteiger partial charge on any atom is -0.355 e. The Morgan fingerprint density at radius 3 is 2.73 bits per heavy atom. The summed E-state index contributed by atoms with van der Waals surface area (Å²) in [4.78, 5) is 11.4. The molecular formula is C11H24N2OS. The van der Waals surface area contributed by atoms with E-state index in [0.717, 1.165) is 44.4 Å². The zero-order valence-electron chi connectivity index (χ0n) is 9.92. The van der Waals surface area contributed by atoms with E-state index in [2.05, 4.69) is 18.5 Å². The molecule has 0 heterocycles. The van der Waals surface area contributed by atoms with Gasteiger partial charge in [-0.2, -0.15) is 11.8 Å². The number of carbonyl (C=O) groups excluding carboxylic acids is 1. The maximum absolute atomic E-state index is 11.4. The van der Waals surface area contributed by atoms with Gasteiger partial charge in [-0.3, -0.25) is 4.79 Å². The van der Waals surface area contributed by atoms with Gasteiger partial charge >= 0.3 is 0 Å². The fraction of sp³-hybridized carbons (Fsp3) is 0.909. The molecule has 4 heteroatoms. The average molecular weight is 232 g/mol. The lowest BCUT2D eigenvalue weighted by Crippen LogP contribution is -2.40. The van der Waals surface area contributed by atoms with Crippen LogP contribution in [0.1, 0.15) is 39.0 Å². The van der Waals surface area contributed by atoms with Crippen LogP contribution in [-0.2, 0) is 4.79 Å². The molecule has 0 aromatic carbocycles. The summed E-state index contributed by atoms with van der Waals surface area (Å²) in [6.07, 6.45) is 7.22. The van der Waals surface area contributed by atoms with Gasteiger partial charge in [-0.15, -0.1) is 0 Å². The van der Waals surface area contributed by atoms with E-state index in [-0.39, 0.29) is 11.9 Å². The maximum atomic E-state index is 11.4. The van der Waals surface area contributed by atoms with Crippen molar-refractivity contribution in [1.29, 1.82) is 0 Å². The van der Waals surface area contributed by atoms with Gasteiger partial charge in [0, 0.05) is 6.54 Å². The molecule has 1 unspecified atom stereocenters. The molecule has 0 aliphatic carbocycles. The lowest BCUT2D eigenvalue weighted by atomic mass is 10.1. The molecule has 0 aromatic rings. The summed E-state index contributed by atoms with van der Waals surface area (Å²) in [6, 6.07) is -0.314. The summed E-state index contributed by atoms with van der Waals surface area (Å²) < 4.78 is 0. The third kappa shape index (κ3) is 8.75. The van der Waals surface area contributed by atoms with E-state index in [1.807, 2.05) is 11.8 Å². The van der Waals surface area contributed by atoms with Crippen LogP contribution < -0.4 is 11.1 Å². The summed E-state index contributed by atoms with van der Waals surface area (Å²) in [6.45, 7) is 2.87. The fourth-order valence-electron chi connectivity index (χ4n) is 1.27. The second-order valence-corrected chi connectivity index (χ2v) is 4.73. The van der Waals surface area contributed by atoms with E-state index in [4.69, 9.17) is 5.73 Å². The van der Waals surface area contributed by atoms with Gasteiger partial charge in [0.1, 0.15) is 0 Å². The number of hydrogen-bond donors (Lipinski definition) is 2. The monoisotopic (exact) mass is 232 g/mol. The number of nitrogens with two attached hydrogens (primary N) is 1. The highest BCUT2D eigenvalue weighted by Crippen LogP contribution is 1.99. The van der Waals surface area contributed by atoms with Gasteiger partial charge in [0.2, 0.25) is 5.91 Å². The Kier molecular flexibility index (Phi) is 10.2. The van der Waals surface area contributed by atoms with E-state index in [1.54, 1.807) is 0 Å². The van der Waals surface area contributed by atoms with Gasteiger partial charge in [0.15, 0.2) is 0 Å². The van der Waals surface area contributed by atoms with Gasteiger partial charge in [0.25, 0.3) is 0 Å². The SMILES string of the molecule is CCCCC(N)C(=O)NCCCCSC. The van der Waals surface area contributed by atoms with Crippen molar-refractivity contribution >= 4 is 17.7 Å². The van der Waals surface area contributed by atoms with Crippen LogP contribution in [0, 0.1) is 0 Å². The Bertz CT molecular complexity index is 165. The average Bonchev–Trinajstić information content (AvgIpc) is 2.25. The highest BCUT2D eigenvalue weighted by molar-refractivity contribution is 7.98. The van der Waals surface area contributed by atoms with Crippen molar-refractivity contribution in [2.75, 3.05) is 18.6 Å². The third-order valence-electron chi connectivity index (χ3n) is 2.28. The molecule has 0 saturated carbocycles. The number of amides is 1. The summed E-state index contributed by atoms with van der Waals surface area (Å²) in [5, 5.41) is 2.88. The Balaban J connectivity index is 3.38. The van der Waals surface area contributed by atoms with E-state index in [0.29, 0.717) is 0 Å². The molecule has 0 fully saturated rings. The minimum atomic E-state index is -0.314. The predicted molar refractivity (Wildman–Crippen MR) is 68.1 cm³/mol. The molecule has 15 heavy (non-hydrogen) atoms. The molecule has 3 nitrogen and oxygen atoms in total. The van der Waals surface area contributed by atoms with Crippen molar-refractivity contribution in [1.82, 2.24) is 5.32 Å². The Morgan fingerprint density at radius 2 is 2.13 bits per heavy atom. The van der Waals surface area contributed by atoms with E-state index in [9.17, 15) is 4.79 Å². The summed E-state index contributed by atoms with van der Waals surface area (Å²) in [7, 11) is 0. The molecule has 0 radical (unpaired) electrons. The highest BCUT2D eigenvalue weighted by atomic mass is 32.2. The molecule has 0 saturated heterocycles. The van der Waals surface area contributed by atoms with Gasteiger partial charge < -0.3 is 11.1 Å². The zero-order valence-corrected chi connectivity index (χ0v) is 10.7. The molecular weight excluding hydrogens is 208 g/mol. The van der Waals surface area contributed by atoms with E-state index in [1.165, 1.54) is 0 Å².